The topological polar surface area (TPSA) is 67.2 Å². The van der Waals surface area contributed by atoms with E-state index >= 15 is 0 Å². The highest BCUT2D eigenvalue weighted by atomic mass is 16.2. The van der Waals surface area contributed by atoms with Gasteiger partial charge >= 0.3 is 0 Å². The van der Waals surface area contributed by atoms with Gasteiger partial charge in [-0.25, -0.2) is 15.0 Å². The van der Waals surface area contributed by atoms with E-state index in [2.05, 4.69) is 45.4 Å². The molecule has 7 nitrogen and oxygen atoms in total. The van der Waals surface area contributed by atoms with E-state index in [9.17, 15) is 4.79 Å². The fraction of sp³-hybridized carbons (Fsp3) is 0.538. The summed E-state index contributed by atoms with van der Waals surface area (Å²) in [7, 11) is 0. The zero-order chi connectivity index (χ0) is 22.8. The first-order valence-electron chi connectivity index (χ1n) is 12.4. The predicted octanol–water partition coefficient (Wildman–Crippen LogP) is 4.21. The van der Waals surface area contributed by atoms with Crippen molar-refractivity contribution in [2.24, 2.45) is 5.92 Å². The molecule has 174 valence electrons. The average Bonchev–Trinajstić information content (AvgIpc) is 3.03. The summed E-state index contributed by atoms with van der Waals surface area (Å²) in [5.74, 6) is 2.22. The molecular weight excluding hydrogens is 412 g/mol. The lowest BCUT2D eigenvalue weighted by atomic mass is 9.95. The molecule has 1 atom stereocenters. The van der Waals surface area contributed by atoms with E-state index in [0.29, 0.717) is 13.1 Å². The van der Waals surface area contributed by atoms with E-state index in [0.717, 1.165) is 55.2 Å². The van der Waals surface area contributed by atoms with Gasteiger partial charge in [-0.15, -0.1) is 0 Å². The number of imidazole rings is 1. The number of hydrogen-bond donors (Lipinski definition) is 0. The first kappa shape index (κ1) is 21.9. The Kier molecular flexibility index (Phi) is 6.29. The number of piperidine rings is 1. The van der Waals surface area contributed by atoms with Gasteiger partial charge in [-0.05, 0) is 45.1 Å². The van der Waals surface area contributed by atoms with Gasteiger partial charge in [0.2, 0.25) is 5.91 Å². The Morgan fingerprint density at radius 2 is 1.94 bits per heavy atom. The van der Waals surface area contributed by atoms with Crippen LogP contribution in [0.3, 0.4) is 0 Å². The lowest BCUT2D eigenvalue weighted by molar-refractivity contribution is -0.138. The lowest BCUT2D eigenvalue weighted by Crippen LogP contribution is -2.47. The van der Waals surface area contributed by atoms with Crippen LogP contribution in [0, 0.1) is 5.92 Å². The normalized spacial score (nSPS) is 18.9. The van der Waals surface area contributed by atoms with Crippen molar-refractivity contribution in [3.8, 4) is 0 Å². The maximum Gasteiger partial charge on any atom is 0.228 e. The molecule has 0 spiro atoms. The molecule has 2 aromatic heterocycles. The second-order valence-corrected chi connectivity index (χ2v) is 9.69. The zero-order valence-electron chi connectivity index (χ0n) is 19.8. The molecule has 5 rings (SSSR count). The first-order chi connectivity index (χ1) is 16.1. The summed E-state index contributed by atoms with van der Waals surface area (Å²) in [6.07, 6.45) is 8.16. The Bertz CT molecular complexity index is 1110. The minimum Gasteiger partial charge on any atom is -0.354 e. The van der Waals surface area contributed by atoms with Crippen molar-refractivity contribution >= 4 is 22.9 Å². The SMILES string of the molecule is CC(C)N(Cc1ccccc1)C(=O)[C@H]1CCCN(c2ncnc3c2nc2n3CCCCC2)C1. The van der Waals surface area contributed by atoms with Crippen LogP contribution in [0.2, 0.25) is 0 Å². The quantitative estimate of drug-likeness (QED) is 0.587. The Labute approximate surface area is 195 Å². The molecule has 0 aliphatic carbocycles. The summed E-state index contributed by atoms with van der Waals surface area (Å²) < 4.78 is 2.28. The second-order valence-electron chi connectivity index (χ2n) is 9.69. The molecule has 0 N–H and O–H groups in total. The predicted molar refractivity (Wildman–Crippen MR) is 130 cm³/mol. The molecule has 1 amide bonds. The summed E-state index contributed by atoms with van der Waals surface area (Å²) in [6, 6.07) is 10.4. The van der Waals surface area contributed by atoms with E-state index in [1.165, 1.54) is 24.8 Å². The Morgan fingerprint density at radius 3 is 2.76 bits per heavy atom. The minimum atomic E-state index is -0.0321. The van der Waals surface area contributed by atoms with Crippen molar-refractivity contribution in [1.82, 2.24) is 24.4 Å². The molecule has 0 radical (unpaired) electrons. The van der Waals surface area contributed by atoms with Crippen molar-refractivity contribution in [2.45, 2.75) is 71.5 Å². The van der Waals surface area contributed by atoms with Crippen LogP contribution in [0.1, 0.15) is 57.3 Å². The van der Waals surface area contributed by atoms with Gasteiger partial charge in [0, 0.05) is 38.6 Å². The number of carbonyl (C=O) groups excluding carboxylic acids is 1. The third-order valence-corrected chi connectivity index (χ3v) is 7.05. The molecule has 1 fully saturated rings. The van der Waals surface area contributed by atoms with Gasteiger partial charge in [-0.1, -0.05) is 36.8 Å². The van der Waals surface area contributed by atoms with Gasteiger partial charge < -0.3 is 14.4 Å². The molecule has 4 heterocycles. The number of aryl methyl sites for hydroxylation is 2. The van der Waals surface area contributed by atoms with Gasteiger partial charge in [0.15, 0.2) is 17.0 Å². The van der Waals surface area contributed by atoms with Crippen LogP contribution >= 0.6 is 0 Å². The summed E-state index contributed by atoms with van der Waals surface area (Å²) in [5, 5.41) is 0. The number of anilines is 1. The first-order valence-corrected chi connectivity index (χ1v) is 12.4. The van der Waals surface area contributed by atoms with Gasteiger partial charge in [-0.3, -0.25) is 4.79 Å². The number of rotatable bonds is 5. The number of nitrogens with zero attached hydrogens (tertiary/aromatic N) is 6. The third kappa shape index (κ3) is 4.45. The highest BCUT2D eigenvalue weighted by molar-refractivity contribution is 5.85. The Morgan fingerprint density at radius 1 is 1.09 bits per heavy atom. The van der Waals surface area contributed by atoms with Crippen molar-refractivity contribution in [3.05, 3.63) is 48.0 Å². The van der Waals surface area contributed by atoms with Crippen LogP contribution in [-0.4, -0.2) is 49.5 Å². The fourth-order valence-corrected chi connectivity index (χ4v) is 5.26. The number of benzene rings is 1. The number of hydrogen-bond acceptors (Lipinski definition) is 5. The van der Waals surface area contributed by atoms with Gasteiger partial charge in [0.05, 0.1) is 5.92 Å². The molecule has 1 saturated heterocycles. The van der Waals surface area contributed by atoms with Gasteiger partial charge in [-0.2, -0.15) is 0 Å². The van der Waals surface area contributed by atoms with Gasteiger partial charge in [0.1, 0.15) is 12.2 Å². The maximum absolute atomic E-state index is 13.6. The van der Waals surface area contributed by atoms with Crippen molar-refractivity contribution in [3.63, 3.8) is 0 Å². The number of aromatic nitrogens is 4. The minimum absolute atomic E-state index is 0.0321. The molecule has 2 aliphatic rings. The molecule has 33 heavy (non-hydrogen) atoms. The zero-order valence-corrected chi connectivity index (χ0v) is 19.8. The lowest BCUT2D eigenvalue weighted by Gasteiger charge is -2.37. The molecule has 2 aliphatic heterocycles. The Hall–Kier alpha value is -2.96. The molecule has 3 aromatic rings. The van der Waals surface area contributed by atoms with E-state index in [4.69, 9.17) is 4.98 Å². The molecular formula is C26H34N6O. The molecule has 0 bridgehead atoms. The van der Waals surface area contributed by atoms with Crippen LogP contribution < -0.4 is 4.90 Å². The highest BCUT2D eigenvalue weighted by Gasteiger charge is 2.32. The van der Waals surface area contributed by atoms with E-state index in [1.807, 2.05) is 23.1 Å². The second kappa shape index (κ2) is 9.49. The van der Waals surface area contributed by atoms with Crippen LogP contribution in [0.5, 0.6) is 0 Å². The fourth-order valence-electron chi connectivity index (χ4n) is 5.26. The summed E-state index contributed by atoms with van der Waals surface area (Å²) >= 11 is 0. The van der Waals surface area contributed by atoms with Crippen LogP contribution in [0.25, 0.3) is 11.2 Å². The monoisotopic (exact) mass is 446 g/mol. The average molecular weight is 447 g/mol. The summed E-state index contributed by atoms with van der Waals surface area (Å²) in [5.41, 5.74) is 3.01. The number of carbonyl (C=O) groups is 1. The molecule has 1 aromatic carbocycles. The molecule has 0 saturated carbocycles. The molecule has 0 unspecified atom stereocenters. The van der Waals surface area contributed by atoms with E-state index in [-0.39, 0.29) is 17.9 Å². The largest absolute Gasteiger partial charge is 0.354 e. The van der Waals surface area contributed by atoms with Gasteiger partial charge in [0.25, 0.3) is 0 Å². The number of amides is 1. The van der Waals surface area contributed by atoms with Crippen LogP contribution in [0.4, 0.5) is 5.82 Å². The van der Waals surface area contributed by atoms with E-state index in [1.54, 1.807) is 6.33 Å². The van der Waals surface area contributed by atoms with Crippen molar-refractivity contribution in [2.75, 3.05) is 18.0 Å². The summed E-state index contributed by atoms with van der Waals surface area (Å²) in [6.45, 7) is 7.43. The smallest absolute Gasteiger partial charge is 0.228 e. The Balaban J connectivity index is 1.38. The maximum atomic E-state index is 13.6. The highest BCUT2D eigenvalue weighted by Crippen LogP contribution is 2.30. The van der Waals surface area contributed by atoms with Crippen LogP contribution in [-0.2, 0) is 24.3 Å². The third-order valence-electron chi connectivity index (χ3n) is 7.05. The van der Waals surface area contributed by atoms with Crippen molar-refractivity contribution in [1.29, 1.82) is 0 Å². The van der Waals surface area contributed by atoms with Crippen LogP contribution in [0.15, 0.2) is 36.7 Å². The number of fused-ring (bicyclic) bond motifs is 3. The standard InChI is InChI=1S/C26H34N6O/c1-19(2)32(16-20-10-5-3-6-11-20)26(33)21-12-9-14-30(17-21)24-23-25(28-18-27-24)31-15-8-4-7-13-22(31)29-23/h3,5-6,10-11,18-19,21H,4,7-9,12-17H2,1-2H3/t21-/m0/s1. The van der Waals surface area contributed by atoms with E-state index < -0.39 is 0 Å². The molecule has 7 heteroatoms. The van der Waals surface area contributed by atoms with Crippen molar-refractivity contribution < 1.29 is 4.79 Å². The summed E-state index contributed by atoms with van der Waals surface area (Å²) in [4.78, 5) is 32.1.